The lowest BCUT2D eigenvalue weighted by Crippen LogP contribution is -2.19. The molecule has 0 aliphatic carbocycles. The summed E-state index contributed by atoms with van der Waals surface area (Å²) < 4.78 is 0. The van der Waals surface area contributed by atoms with E-state index >= 15 is 0 Å². The maximum absolute atomic E-state index is 9.47. The van der Waals surface area contributed by atoms with Crippen molar-refractivity contribution in [2.45, 2.75) is 12.8 Å². The number of aromatic hydroxyl groups is 1. The maximum atomic E-state index is 9.47. The van der Waals surface area contributed by atoms with Crippen LogP contribution in [-0.2, 0) is 0 Å². The largest absolute Gasteiger partial charge is 0.503 e. The van der Waals surface area contributed by atoms with Crippen LogP contribution in [0.4, 0.5) is 5.82 Å². The van der Waals surface area contributed by atoms with Gasteiger partial charge in [-0.1, -0.05) is 0 Å². The van der Waals surface area contributed by atoms with E-state index < -0.39 is 0 Å². The fraction of sp³-hybridized carbons (Fsp3) is 0.500. The van der Waals surface area contributed by atoms with Crippen LogP contribution in [-0.4, -0.2) is 28.2 Å². The maximum Gasteiger partial charge on any atom is 0.224 e. The summed E-state index contributed by atoms with van der Waals surface area (Å²) in [5.74, 6) is 0.656. The molecule has 0 radical (unpaired) electrons. The Labute approximate surface area is 81.2 Å². The molecule has 4 nitrogen and oxygen atoms in total. The molecule has 1 N–H and O–H groups in total. The van der Waals surface area contributed by atoms with Gasteiger partial charge in [0, 0.05) is 13.1 Å². The molecule has 1 aliphatic rings. The predicted octanol–water partition coefficient (Wildman–Crippen LogP) is 1.44. The van der Waals surface area contributed by atoms with Crippen molar-refractivity contribution < 1.29 is 5.11 Å². The Morgan fingerprint density at radius 1 is 1.38 bits per heavy atom. The lowest BCUT2D eigenvalue weighted by Gasteiger charge is -2.16. The van der Waals surface area contributed by atoms with Crippen LogP contribution in [0.1, 0.15) is 12.8 Å². The number of aromatic nitrogens is 2. The highest BCUT2D eigenvalue weighted by atomic mass is 35.5. The zero-order chi connectivity index (χ0) is 9.26. The molecule has 13 heavy (non-hydrogen) atoms. The van der Waals surface area contributed by atoms with E-state index in [0.29, 0.717) is 5.82 Å². The second kappa shape index (κ2) is 3.38. The van der Waals surface area contributed by atoms with Gasteiger partial charge < -0.3 is 10.0 Å². The van der Waals surface area contributed by atoms with Gasteiger partial charge in [-0.3, -0.25) is 0 Å². The van der Waals surface area contributed by atoms with E-state index in [-0.39, 0.29) is 11.0 Å². The molecule has 1 aromatic heterocycles. The molecule has 0 aromatic carbocycles. The van der Waals surface area contributed by atoms with Gasteiger partial charge in [0.1, 0.15) is 0 Å². The van der Waals surface area contributed by atoms with Crippen molar-refractivity contribution in [3.63, 3.8) is 0 Å². The van der Waals surface area contributed by atoms with Gasteiger partial charge >= 0.3 is 0 Å². The fourth-order valence-corrected chi connectivity index (χ4v) is 1.64. The standard InChI is InChI=1S/C8H10ClN3O/c9-8-10-5-6(13)7(11-8)12-3-1-2-4-12/h5,13H,1-4H2. The van der Waals surface area contributed by atoms with Crippen LogP contribution in [0.25, 0.3) is 0 Å². The molecule has 0 bridgehead atoms. The third-order valence-corrected chi connectivity index (χ3v) is 2.31. The lowest BCUT2D eigenvalue weighted by molar-refractivity contribution is 0.469. The van der Waals surface area contributed by atoms with Gasteiger partial charge in [0.2, 0.25) is 5.28 Å². The van der Waals surface area contributed by atoms with Crippen LogP contribution in [0.2, 0.25) is 5.28 Å². The molecule has 0 spiro atoms. The average molecular weight is 200 g/mol. The SMILES string of the molecule is Oc1cnc(Cl)nc1N1CCCC1. The van der Waals surface area contributed by atoms with E-state index in [1.807, 2.05) is 4.90 Å². The third-order valence-electron chi connectivity index (χ3n) is 2.13. The Balaban J connectivity index is 2.32. The van der Waals surface area contributed by atoms with E-state index in [4.69, 9.17) is 11.6 Å². The Morgan fingerprint density at radius 2 is 2.08 bits per heavy atom. The molecular weight excluding hydrogens is 190 g/mol. The molecule has 0 amide bonds. The van der Waals surface area contributed by atoms with Crippen LogP contribution in [0.15, 0.2) is 6.20 Å². The van der Waals surface area contributed by atoms with Crippen LogP contribution >= 0.6 is 11.6 Å². The van der Waals surface area contributed by atoms with Gasteiger partial charge in [-0.15, -0.1) is 0 Å². The summed E-state index contributed by atoms with van der Waals surface area (Å²) in [6.45, 7) is 1.86. The van der Waals surface area contributed by atoms with E-state index in [1.54, 1.807) is 0 Å². The van der Waals surface area contributed by atoms with Crippen LogP contribution in [0.3, 0.4) is 0 Å². The number of halogens is 1. The van der Waals surface area contributed by atoms with Crippen molar-refractivity contribution >= 4 is 17.4 Å². The van der Waals surface area contributed by atoms with E-state index in [2.05, 4.69) is 9.97 Å². The first-order chi connectivity index (χ1) is 6.27. The number of anilines is 1. The summed E-state index contributed by atoms with van der Waals surface area (Å²) in [6, 6.07) is 0. The predicted molar refractivity (Wildman–Crippen MR) is 50.2 cm³/mol. The van der Waals surface area contributed by atoms with Crippen molar-refractivity contribution in [1.82, 2.24) is 9.97 Å². The molecule has 0 saturated carbocycles. The highest BCUT2D eigenvalue weighted by Crippen LogP contribution is 2.27. The van der Waals surface area contributed by atoms with Crippen LogP contribution < -0.4 is 4.90 Å². The van der Waals surface area contributed by atoms with Gasteiger partial charge in [-0.2, -0.15) is 4.98 Å². The Hall–Kier alpha value is -1.03. The number of hydrogen-bond donors (Lipinski definition) is 1. The fourth-order valence-electron chi connectivity index (χ4n) is 1.51. The molecule has 5 heteroatoms. The van der Waals surface area contributed by atoms with Crippen molar-refractivity contribution in [3.05, 3.63) is 11.5 Å². The van der Waals surface area contributed by atoms with Crippen LogP contribution in [0, 0.1) is 0 Å². The molecule has 1 aromatic rings. The van der Waals surface area contributed by atoms with Gasteiger partial charge in [-0.25, -0.2) is 4.98 Å². The number of rotatable bonds is 1. The minimum Gasteiger partial charge on any atom is -0.503 e. The first-order valence-electron chi connectivity index (χ1n) is 4.24. The van der Waals surface area contributed by atoms with Gasteiger partial charge in [0.15, 0.2) is 11.6 Å². The molecule has 70 valence electrons. The van der Waals surface area contributed by atoms with Gasteiger partial charge in [0.25, 0.3) is 0 Å². The summed E-state index contributed by atoms with van der Waals surface area (Å²) in [7, 11) is 0. The summed E-state index contributed by atoms with van der Waals surface area (Å²) in [4.78, 5) is 9.69. The molecule has 2 rings (SSSR count). The first kappa shape index (κ1) is 8.56. The van der Waals surface area contributed by atoms with E-state index in [9.17, 15) is 5.11 Å². The molecule has 0 unspecified atom stereocenters. The zero-order valence-corrected chi connectivity index (χ0v) is 7.83. The van der Waals surface area contributed by atoms with E-state index in [0.717, 1.165) is 25.9 Å². The Morgan fingerprint density at radius 3 is 2.77 bits per heavy atom. The molecular formula is C8H10ClN3O. The van der Waals surface area contributed by atoms with Crippen molar-refractivity contribution in [1.29, 1.82) is 0 Å². The van der Waals surface area contributed by atoms with Crippen LogP contribution in [0.5, 0.6) is 5.75 Å². The van der Waals surface area contributed by atoms with Crippen molar-refractivity contribution in [2.75, 3.05) is 18.0 Å². The lowest BCUT2D eigenvalue weighted by atomic mass is 10.4. The average Bonchev–Trinajstić information content (AvgIpc) is 2.61. The summed E-state index contributed by atoms with van der Waals surface area (Å²) in [6.07, 6.45) is 3.62. The molecule has 1 fully saturated rings. The third kappa shape index (κ3) is 1.67. The topological polar surface area (TPSA) is 49.3 Å². The Kier molecular flexibility index (Phi) is 2.22. The highest BCUT2D eigenvalue weighted by Gasteiger charge is 2.17. The second-order valence-electron chi connectivity index (χ2n) is 3.04. The molecule has 1 aliphatic heterocycles. The minimum absolute atomic E-state index is 0.103. The van der Waals surface area contributed by atoms with Gasteiger partial charge in [0.05, 0.1) is 6.20 Å². The smallest absolute Gasteiger partial charge is 0.224 e. The first-order valence-corrected chi connectivity index (χ1v) is 4.61. The van der Waals surface area contributed by atoms with Crippen molar-refractivity contribution in [2.24, 2.45) is 0 Å². The monoisotopic (exact) mass is 199 g/mol. The van der Waals surface area contributed by atoms with Gasteiger partial charge in [-0.05, 0) is 24.4 Å². The molecule has 0 atom stereocenters. The summed E-state index contributed by atoms with van der Waals surface area (Å²) in [5, 5.41) is 9.65. The number of nitrogens with zero attached hydrogens (tertiary/aromatic N) is 3. The van der Waals surface area contributed by atoms with E-state index in [1.165, 1.54) is 6.20 Å². The highest BCUT2D eigenvalue weighted by molar-refractivity contribution is 6.28. The summed E-state index contributed by atoms with van der Waals surface area (Å²) >= 11 is 5.64. The molecule has 2 heterocycles. The quantitative estimate of drug-likeness (QED) is 0.696. The van der Waals surface area contributed by atoms with Crippen molar-refractivity contribution in [3.8, 4) is 5.75 Å². The second-order valence-corrected chi connectivity index (χ2v) is 3.38. The minimum atomic E-state index is 0.103. The number of hydrogen-bond acceptors (Lipinski definition) is 4. The Bertz CT molecular complexity index is 312. The molecule has 1 saturated heterocycles. The normalized spacial score (nSPS) is 16.5. The summed E-state index contributed by atoms with van der Waals surface area (Å²) in [5.41, 5.74) is 0. The zero-order valence-electron chi connectivity index (χ0n) is 7.07.